The second-order valence-electron chi connectivity index (χ2n) is 7.05. The molecule has 1 atom stereocenters. The van der Waals surface area contributed by atoms with Crippen molar-refractivity contribution in [1.82, 2.24) is 0 Å². The monoisotopic (exact) mass is 301 g/mol. The number of nitrogens with two attached hydrogens (primary N) is 1. The van der Waals surface area contributed by atoms with Gasteiger partial charge >= 0.3 is 5.97 Å². The van der Waals surface area contributed by atoms with Crippen LogP contribution in [0.3, 0.4) is 0 Å². The lowest BCUT2D eigenvalue weighted by Gasteiger charge is -2.29. The minimum Gasteiger partial charge on any atom is -0.595 e. The lowest BCUT2D eigenvalue weighted by Crippen LogP contribution is -2.33. The Bertz CT molecular complexity index is 354. The van der Waals surface area contributed by atoms with Crippen LogP contribution in [0.15, 0.2) is 4.99 Å². The highest BCUT2D eigenvalue weighted by Crippen LogP contribution is 2.12. The van der Waals surface area contributed by atoms with E-state index in [1.807, 2.05) is 20.8 Å². The molecule has 124 valence electrons. The zero-order chi connectivity index (χ0) is 16.7. The molecule has 0 aromatic carbocycles. The van der Waals surface area contributed by atoms with E-state index in [1.54, 1.807) is 20.8 Å². The number of hydrogen-bond donors (Lipinski definition) is 1. The van der Waals surface area contributed by atoms with Crippen molar-refractivity contribution >= 4 is 12.1 Å². The van der Waals surface area contributed by atoms with Crippen LogP contribution in [-0.2, 0) is 14.3 Å². The molecule has 0 aromatic heterocycles. The van der Waals surface area contributed by atoms with Gasteiger partial charge in [0.25, 0.3) is 0 Å². The summed E-state index contributed by atoms with van der Waals surface area (Å²) in [5, 5.41) is 11.5. The summed E-state index contributed by atoms with van der Waals surface area (Å²) in [6.07, 6.45) is 0.207. The minimum absolute atomic E-state index is 0.0370. The van der Waals surface area contributed by atoms with Gasteiger partial charge < -0.3 is 20.3 Å². The first kappa shape index (κ1) is 19.7. The molecule has 0 fully saturated rings. The quantitative estimate of drug-likeness (QED) is 0.452. The first-order chi connectivity index (χ1) is 9.43. The largest absolute Gasteiger partial charge is 0.595 e. The Labute approximate surface area is 127 Å². The summed E-state index contributed by atoms with van der Waals surface area (Å²) < 4.78 is 10.3. The molecule has 0 aromatic rings. The Kier molecular flexibility index (Phi) is 7.71. The molecular weight excluding hydrogens is 272 g/mol. The Hall–Kier alpha value is -1.30. The van der Waals surface area contributed by atoms with E-state index in [1.165, 1.54) is 0 Å². The number of rotatable bonds is 6. The molecule has 0 rings (SSSR count). The van der Waals surface area contributed by atoms with Gasteiger partial charge in [-0.2, -0.15) is 0 Å². The summed E-state index contributed by atoms with van der Waals surface area (Å²) in [6.45, 7) is 11.4. The van der Waals surface area contributed by atoms with Crippen molar-refractivity contribution in [3.63, 3.8) is 0 Å². The Balaban J connectivity index is 4.23. The van der Waals surface area contributed by atoms with E-state index >= 15 is 0 Å². The van der Waals surface area contributed by atoms with Gasteiger partial charge in [0.15, 0.2) is 0 Å². The molecule has 0 spiro atoms. The normalized spacial score (nSPS) is 14.7. The van der Waals surface area contributed by atoms with E-state index in [9.17, 15) is 9.90 Å². The molecule has 1 unspecified atom stereocenters. The lowest BCUT2D eigenvalue weighted by atomic mass is 10.0. The van der Waals surface area contributed by atoms with Gasteiger partial charge in [0, 0.05) is 18.6 Å². The standard InChI is InChI=1S/C15H30N2O4/c1-14(2,3)20-12(18)8-7-11(9-16)10-17-13(19)21-15(4,5)6/h11H,7-10,16H2,1-6H3,(H,17,19)/p-1. The average molecular weight is 301 g/mol. The van der Waals surface area contributed by atoms with Crippen molar-refractivity contribution in [3.05, 3.63) is 0 Å². The van der Waals surface area contributed by atoms with Gasteiger partial charge in [-0.15, -0.1) is 0 Å². The third kappa shape index (κ3) is 12.2. The van der Waals surface area contributed by atoms with Crippen LogP contribution in [0, 0.1) is 5.92 Å². The molecule has 6 heteroatoms. The molecule has 0 radical (unpaired) electrons. The van der Waals surface area contributed by atoms with Gasteiger partial charge in [-0.3, -0.25) is 9.79 Å². The maximum atomic E-state index is 11.6. The van der Waals surface area contributed by atoms with Crippen molar-refractivity contribution < 1.29 is 19.4 Å². The predicted molar refractivity (Wildman–Crippen MR) is 80.8 cm³/mol. The van der Waals surface area contributed by atoms with E-state index in [0.717, 1.165) is 0 Å². The molecular formula is C15H29N2O4-. The SMILES string of the molecule is CC(C)(C)OC(=O)CCC(CN)CN=C([O-])OC(C)(C)C. The van der Waals surface area contributed by atoms with Crippen LogP contribution in [0.2, 0.25) is 0 Å². The first-order valence-electron chi connectivity index (χ1n) is 7.25. The average Bonchev–Trinajstić information content (AvgIpc) is 2.24. The van der Waals surface area contributed by atoms with E-state index in [2.05, 4.69) is 4.99 Å². The molecule has 0 aliphatic carbocycles. The van der Waals surface area contributed by atoms with Gasteiger partial charge in [0.2, 0.25) is 0 Å². The maximum Gasteiger partial charge on any atom is 0.306 e. The van der Waals surface area contributed by atoms with Crippen molar-refractivity contribution in [2.24, 2.45) is 16.6 Å². The molecule has 0 heterocycles. The predicted octanol–water partition coefficient (Wildman–Crippen LogP) is 1.21. The summed E-state index contributed by atoms with van der Waals surface area (Å²) in [4.78, 5) is 15.5. The summed E-state index contributed by atoms with van der Waals surface area (Å²) >= 11 is 0. The van der Waals surface area contributed by atoms with E-state index in [0.29, 0.717) is 13.0 Å². The van der Waals surface area contributed by atoms with Gasteiger partial charge in [-0.05, 0) is 39.7 Å². The summed E-state index contributed by atoms with van der Waals surface area (Å²) in [7, 11) is 0. The molecule has 0 aliphatic rings. The van der Waals surface area contributed by atoms with E-state index in [4.69, 9.17) is 15.2 Å². The van der Waals surface area contributed by atoms with E-state index < -0.39 is 17.3 Å². The molecule has 6 nitrogen and oxygen atoms in total. The van der Waals surface area contributed by atoms with Crippen LogP contribution in [0.4, 0.5) is 0 Å². The van der Waals surface area contributed by atoms with Crippen LogP contribution in [0.5, 0.6) is 0 Å². The first-order valence-corrected chi connectivity index (χ1v) is 7.25. The smallest absolute Gasteiger partial charge is 0.306 e. The second kappa shape index (κ2) is 8.22. The lowest BCUT2D eigenvalue weighted by molar-refractivity contribution is -0.260. The van der Waals surface area contributed by atoms with Crippen LogP contribution in [0.25, 0.3) is 0 Å². The molecule has 0 aliphatic heterocycles. The molecule has 0 bridgehead atoms. The highest BCUT2D eigenvalue weighted by molar-refractivity contribution is 5.69. The Morgan fingerprint density at radius 1 is 1.14 bits per heavy atom. The van der Waals surface area contributed by atoms with E-state index in [-0.39, 0.29) is 24.9 Å². The minimum atomic E-state index is -0.599. The zero-order valence-electron chi connectivity index (χ0n) is 14.1. The maximum absolute atomic E-state index is 11.6. The van der Waals surface area contributed by atoms with Crippen LogP contribution < -0.4 is 10.8 Å². The number of hydrogen-bond acceptors (Lipinski definition) is 6. The van der Waals surface area contributed by atoms with Crippen LogP contribution >= 0.6 is 0 Å². The van der Waals surface area contributed by atoms with Crippen molar-refractivity contribution in [2.75, 3.05) is 13.1 Å². The summed E-state index contributed by atoms with van der Waals surface area (Å²) in [6, 6.07) is 0. The number of aliphatic imine (C=N–C) groups is 1. The number of ether oxygens (including phenoxy) is 2. The van der Waals surface area contributed by atoms with Crippen molar-refractivity contribution in [1.29, 1.82) is 0 Å². The highest BCUT2D eigenvalue weighted by atomic mass is 16.6. The molecule has 21 heavy (non-hydrogen) atoms. The fourth-order valence-corrected chi connectivity index (χ4v) is 1.50. The summed E-state index contributed by atoms with van der Waals surface area (Å²) in [5.74, 6) is -0.303. The number of nitrogens with zero attached hydrogens (tertiary/aromatic N) is 1. The third-order valence-electron chi connectivity index (χ3n) is 2.38. The van der Waals surface area contributed by atoms with Gasteiger partial charge in [-0.25, -0.2) is 0 Å². The Morgan fingerprint density at radius 2 is 1.67 bits per heavy atom. The summed E-state index contributed by atoms with van der Waals surface area (Å²) in [5.41, 5.74) is 4.59. The number of esters is 1. The van der Waals surface area contributed by atoms with Crippen LogP contribution in [0.1, 0.15) is 54.4 Å². The zero-order valence-corrected chi connectivity index (χ0v) is 14.1. The fourth-order valence-electron chi connectivity index (χ4n) is 1.50. The van der Waals surface area contributed by atoms with Gasteiger partial charge in [0.1, 0.15) is 11.7 Å². The van der Waals surface area contributed by atoms with Gasteiger partial charge in [-0.1, -0.05) is 20.8 Å². The number of carbonyl (C=O) groups excluding carboxylic acids is 1. The third-order valence-corrected chi connectivity index (χ3v) is 2.38. The molecule has 0 saturated carbocycles. The Morgan fingerprint density at radius 3 is 2.10 bits per heavy atom. The highest BCUT2D eigenvalue weighted by Gasteiger charge is 2.17. The molecule has 2 N–H and O–H groups in total. The molecule has 0 amide bonds. The van der Waals surface area contributed by atoms with Crippen molar-refractivity contribution in [3.8, 4) is 0 Å². The number of carbonyl (C=O) groups is 1. The van der Waals surface area contributed by atoms with Gasteiger partial charge in [0.05, 0.1) is 0 Å². The second-order valence-corrected chi connectivity index (χ2v) is 7.05. The van der Waals surface area contributed by atoms with Crippen LogP contribution in [-0.4, -0.2) is 36.3 Å². The topological polar surface area (TPSA) is 97.0 Å². The van der Waals surface area contributed by atoms with Crippen molar-refractivity contribution in [2.45, 2.75) is 65.6 Å². The fraction of sp³-hybridized carbons (Fsp3) is 0.867. The molecule has 0 saturated heterocycles.